The number of carbonyl (C=O) groups is 1. The van der Waals surface area contributed by atoms with E-state index in [4.69, 9.17) is 0 Å². The molecule has 1 aromatic carbocycles. The standard InChI is InChI=1S/C13H12N2O4/c1-2-8(13(16)17)9-5-6-11(15(18)19)10-4-3-7-14-12(9)10/h3-8H,2H2,1H3,(H,16,17). The van der Waals surface area contributed by atoms with Crippen LogP contribution in [0.5, 0.6) is 0 Å². The quantitative estimate of drug-likeness (QED) is 0.673. The van der Waals surface area contributed by atoms with Crippen LogP contribution in [0.4, 0.5) is 5.69 Å². The molecule has 6 heteroatoms. The molecule has 0 radical (unpaired) electrons. The number of non-ortho nitro benzene ring substituents is 1. The fraction of sp³-hybridized carbons (Fsp3) is 0.231. The average molecular weight is 260 g/mol. The third-order valence-electron chi connectivity index (χ3n) is 3.06. The Kier molecular flexibility index (Phi) is 3.41. The Morgan fingerprint density at radius 1 is 1.47 bits per heavy atom. The Balaban J connectivity index is 2.75. The van der Waals surface area contributed by atoms with Crippen molar-refractivity contribution in [2.75, 3.05) is 0 Å². The lowest BCUT2D eigenvalue weighted by Crippen LogP contribution is -2.11. The van der Waals surface area contributed by atoms with Crippen molar-refractivity contribution in [3.8, 4) is 0 Å². The number of nitro groups is 1. The monoisotopic (exact) mass is 260 g/mol. The molecule has 0 amide bonds. The first kappa shape index (κ1) is 12.9. The zero-order valence-electron chi connectivity index (χ0n) is 10.2. The maximum atomic E-state index is 11.2. The van der Waals surface area contributed by atoms with Crippen molar-refractivity contribution in [3.63, 3.8) is 0 Å². The Morgan fingerprint density at radius 3 is 2.79 bits per heavy atom. The summed E-state index contributed by atoms with van der Waals surface area (Å²) in [6.45, 7) is 1.76. The van der Waals surface area contributed by atoms with Crippen LogP contribution in [-0.4, -0.2) is 21.0 Å². The van der Waals surface area contributed by atoms with Crippen LogP contribution in [0.1, 0.15) is 24.8 Å². The second-order valence-corrected chi connectivity index (χ2v) is 4.13. The molecule has 1 unspecified atom stereocenters. The predicted octanol–water partition coefficient (Wildman–Crippen LogP) is 2.72. The molecule has 1 N–H and O–H groups in total. The number of carboxylic acids is 1. The van der Waals surface area contributed by atoms with Gasteiger partial charge in [0.25, 0.3) is 5.69 Å². The SMILES string of the molecule is CCC(C(=O)O)c1ccc([N+](=O)[O-])c2cccnc12. The molecule has 1 aromatic heterocycles. The van der Waals surface area contributed by atoms with Crippen LogP contribution in [-0.2, 0) is 4.79 Å². The summed E-state index contributed by atoms with van der Waals surface area (Å²) >= 11 is 0. The number of pyridine rings is 1. The van der Waals surface area contributed by atoms with Crippen LogP contribution < -0.4 is 0 Å². The van der Waals surface area contributed by atoms with Gasteiger partial charge in [-0.2, -0.15) is 0 Å². The van der Waals surface area contributed by atoms with Gasteiger partial charge in [0.1, 0.15) is 0 Å². The van der Waals surface area contributed by atoms with Gasteiger partial charge >= 0.3 is 5.97 Å². The van der Waals surface area contributed by atoms with E-state index in [1.54, 1.807) is 19.1 Å². The summed E-state index contributed by atoms with van der Waals surface area (Å²) < 4.78 is 0. The van der Waals surface area contributed by atoms with Crippen molar-refractivity contribution < 1.29 is 14.8 Å². The molecule has 0 aliphatic rings. The van der Waals surface area contributed by atoms with E-state index < -0.39 is 16.8 Å². The van der Waals surface area contributed by atoms with Crippen LogP contribution in [0.15, 0.2) is 30.5 Å². The lowest BCUT2D eigenvalue weighted by Gasteiger charge is -2.12. The van der Waals surface area contributed by atoms with Crippen molar-refractivity contribution in [3.05, 3.63) is 46.1 Å². The Bertz CT molecular complexity index is 654. The number of rotatable bonds is 4. The van der Waals surface area contributed by atoms with Crippen LogP contribution in [0.2, 0.25) is 0 Å². The van der Waals surface area contributed by atoms with Gasteiger partial charge in [0.15, 0.2) is 0 Å². The highest BCUT2D eigenvalue weighted by molar-refractivity contribution is 5.93. The first-order valence-corrected chi connectivity index (χ1v) is 5.81. The molecule has 0 bridgehead atoms. The third kappa shape index (κ3) is 2.24. The van der Waals surface area contributed by atoms with Crippen molar-refractivity contribution >= 4 is 22.6 Å². The molecule has 0 fully saturated rings. The van der Waals surface area contributed by atoms with E-state index in [9.17, 15) is 20.0 Å². The first-order chi connectivity index (χ1) is 9.06. The second kappa shape index (κ2) is 5.01. The normalized spacial score (nSPS) is 12.3. The van der Waals surface area contributed by atoms with E-state index >= 15 is 0 Å². The second-order valence-electron chi connectivity index (χ2n) is 4.13. The van der Waals surface area contributed by atoms with E-state index in [2.05, 4.69) is 4.98 Å². The Labute approximate surface area is 108 Å². The highest BCUT2D eigenvalue weighted by atomic mass is 16.6. The number of carboxylic acid groups (broad SMARTS) is 1. The smallest absolute Gasteiger partial charge is 0.311 e. The predicted molar refractivity (Wildman–Crippen MR) is 69.1 cm³/mol. The van der Waals surface area contributed by atoms with Gasteiger partial charge in [-0.15, -0.1) is 0 Å². The zero-order valence-corrected chi connectivity index (χ0v) is 10.2. The van der Waals surface area contributed by atoms with Crippen molar-refractivity contribution in [1.29, 1.82) is 0 Å². The molecule has 0 aliphatic carbocycles. The van der Waals surface area contributed by atoms with E-state index in [-0.39, 0.29) is 5.69 Å². The fourth-order valence-corrected chi connectivity index (χ4v) is 2.15. The molecule has 0 aliphatic heterocycles. The molecule has 2 rings (SSSR count). The van der Waals surface area contributed by atoms with Gasteiger partial charge in [-0.3, -0.25) is 19.9 Å². The summed E-state index contributed by atoms with van der Waals surface area (Å²) in [6.07, 6.45) is 1.91. The van der Waals surface area contributed by atoms with Gasteiger partial charge in [0.05, 0.1) is 21.7 Å². The summed E-state index contributed by atoms with van der Waals surface area (Å²) in [4.78, 5) is 25.8. The number of hydrogen-bond acceptors (Lipinski definition) is 4. The largest absolute Gasteiger partial charge is 0.481 e. The van der Waals surface area contributed by atoms with Crippen LogP contribution in [0.3, 0.4) is 0 Å². The van der Waals surface area contributed by atoms with Crippen molar-refractivity contribution in [1.82, 2.24) is 4.98 Å². The fourth-order valence-electron chi connectivity index (χ4n) is 2.15. The molecule has 6 nitrogen and oxygen atoms in total. The van der Waals surface area contributed by atoms with Gasteiger partial charge in [-0.1, -0.05) is 6.92 Å². The first-order valence-electron chi connectivity index (χ1n) is 5.81. The molecule has 0 saturated carbocycles. The zero-order chi connectivity index (χ0) is 14.0. The molecule has 1 heterocycles. The van der Waals surface area contributed by atoms with E-state index in [0.717, 1.165) is 0 Å². The van der Waals surface area contributed by atoms with Gasteiger partial charge in [-0.25, -0.2) is 0 Å². The summed E-state index contributed by atoms with van der Waals surface area (Å²) in [6, 6.07) is 6.00. The van der Waals surface area contributed by atoms with Gasteiger partial charge < -0.3 is 5.11 Å². The summed E-state index contributed by atoms with van der Waals surface area (Å²) in [5, 5.41) is 20.5. The van der Waals surface area contributed by atoms with Gasteiger partial charge in [0.2, 0.25) is 0 Å². The number of aromatic nitrogens is 1. The molecule has 0 spiro atoms. The molecular weight excluding hydrogens is 248 g/mol. The Hall–Kier alpha value is -2.50. The molecule has 1 atom stereocenters. The number of fused-ring (bicyclic) bond motifs is 1. The highest BCUT2D eigenvalue weighted by Crippen LogP contribution is 2.32. The van der Waals surface area contributed by atoms with E-state index in [1.807, 2.05) is 0 Å². The number of nitro benzene ring substituents is 1. The van der Waals surface area contributed by atoms with Crippen LogP contribution in [0.25, 0.3) is 10.9 Å². The molecule has 0 saturated heterocycles. The maximum absolute atomic E-state index is 11.2. The molecule has 2 aromatic rings. The van der Waals surface area contributed by atoms with Crippen molar-refractivity contribution in [2.45, 2.75) is 19.3 Å². The van der Waals surface area contributed by atoms with Gasteiger partial charge in [0, 0.05) is 12.3 Å². The van der Waals surface area contributed by atoms with Crippen molar-refractivity contribution in [2.24, 2.45) is 0 Å². The summed E-state index contributed by atoms with van der Waals surface area (Å²) in [5.74, 6) is -1.67. The topological polar surface area (TPSA) is 93.3 Å². The summed E-state index contributed by atoms with van der Waals surface area (Å²) in [7, 11) is 0. The number of hydrogen-bond donors (Lipinski definition) is 1. The van der Waals surface area contributed by atoms with Crippen LogP contribution in [0, 0.1) is 10.1 Å². The highest BCUT2D eigenvalue weighted by Gasteiger charge is 2.23. The number of benzene rings is 1. The maximum Gasteiger partial charge on any atom is 0.311 e. The average Bonchev–Trinajstić information content (AvgIpc) is 2.39. The third-order valence-corrected chi connectivity index (χ3v) is 3.06. The Morgan fingerprint density at radius 2 is 2.21 bits per heavy atom. The van der Waals surface area contributed by atoms with E-state index in [1.165, 1.54) is 18.3 Å². The molecule has 19 heavy (non-hydrogen) atoms. The summed E-state index contributed by atoms with van der Waals surface area (Å²) in [5.41, 5.74) is 0.828. The molecule has 98 valence electrons. The molecular formula is C13H12N2O4. The number of nitrogens with zero attached hydrogens (tertiary/aromatic N) is 2. The lowest BCUT2D eigenvalue weighted by molar-refractivity contribution is -0.383. The minimum atomic E-state index is -0.955. The minimum Gasteiger partial charge on any atom is -0.481 e. The van der Waals surface area contributed by atoms with Gasteiger partial charge in [-0.05, 0) is 30.2 Å². The number of aliphatic carboxylic acids is 1. The van der Waals surface area contributed by atoms with Crippen LogP contribution >= 0.6 is 0 Å². The van der Waals surface area contributed by atoms with E-state index in [0.29, 0.717) is 22.9 Å². The lowest BCUT2D eigenvalue weighted by atomic mass is 9.93. The minimum absolute atomic E-state index is 0.0629.